The molecule has 0 bridgehead atoms. The molecule has 0 atom stereocenters. The van der Waals surface area contributed by atoms with Gasteiger partial charge in [0.15, 0.2) is 13.2 Å². The highest BCUT2D eigenvalue weighted by Gasteiger charge is 2.13. The van der Waals surface area contributed by atoms with E-state index in [0.717, 1.165) is 22.5 Å². The van der Waals surface area contributed by atoms with Crippen molar-refractivity contribution in [1.82, 2.24) is 20.2 Å². The van der Waals surface area contributed by atoms with Gasteiger partial charge >= 0.3 is 5.97 Å². The van der Waals surface area contributed by atoms with Crippen molar-refractivity contribution < 1.29 is 18.7 Å². The molecule has 0 aliphatic heterocycles. The van der Waals surface area contributed by atoms with Gasteiger partial charge < -0.3 is 10.1 Å². The summed E-state index contributed by atoms with van der Waals surface area (Å²) in [5.74, 6) is -1.46. The third-order valence-electron chi connectivity index (χ3n) is 3.07. The molecular weight excluding hydrogens is 385 g/mol. The molecule has 8 nitrogen and oxygen atoms in total. The molecule has 0 saturated heterocycles. The minimum Gasteiger partial charge on any atom is -0.454 e. The number of hydrogen-bond donors (Lipinski definition) is 1. The van der Waals surface area contributed by atoms with Crippen LogP contribution in [0.15, 0.2) is 35.0 Å². The van der Waals surface area contributed by atoms with Crippen molar-refractivity contribution in [2.75, 3.05) is 11.9 Å². The van der Waals surface area contributed by atoms with E-state index in [2.05, 4.69) is 20.7 Å². The van der Waals surface area contributed by atoms with Crippen molar-refractivity contribution in [2.45, 2.75) is 6.54 Å². The van der Waals surface area contributed by atoms with E-state index >= 15 is 0 Å². The standard InChI is InChI=1S/C15H11ClFN5O3S/c16-11-5-10(17)1-2-12(11)18-13(23)7-25-14(24)6-22-20-15(19-21-22)9-3-4-26-8-9/h1-5,8H,6-7H2,(H,18,23). The van der Waals surface area contributed by atoms with Gasteiger partial charge in [-0.2, -0.15) is 16.1 Å². The summed E-state index contributed by atoms with van der Waals surface area (Å²) < 4.78 is 17.8. The molecule has 3 aromatic rings. The molecule has 0 spiro atoms. The summed E-state index contributed by atoms with van der Waals surface area (Å²) in [7, 11) is 0. The van der Waals surface area contributed by atoms with E-state index in [4.69, 9.17) is 16.3 Å². The second kappa shape index (κ2) is 8.02. The molecule has 1 N–H and O–H groups in total. The van der Waals surface area contributed by atoms with Crippen molar-refractivity contribution in [3.05, 3.63) is 45.9 Å². The lowest BCUT2D eigenvalue weighted by molar-refractivity contribution is -0.148. The molecule has 0 fully saturated rings. The van der Waals surface area contributed by atoms with Crippen LogP contribution in [0.3, 0.4) is 0 Å². The topological polar surface area (TPSA) is 99.0 Å². The van der Waals surface area contributed by atoms with Crippen LogP contribution in [0.1, 0.15) is 0 Å². The van der Waals surface area contributed by atoms with Crippen molar-refractivity contribution in [3.8, 4) is 11.4 Å². The molecule has 1 amide bonds. The largest absolute Gasteiger partial charge is 0.454 e. The van der Waals surface area contributed by atoms with Gasteiger partial charge in [-0.1, -0.05) is 11.6 Å². The lowest BCUT2D eigenvalue weighted by atomic mass is 10.3. The quantitative estimate of drug-likeness (QED) is 0.643. The molecule has 26 heavy (non-hydrogen) atoms. The van der Waals surface area contributed by atoms with Crippen LogP contribution in [0.25, 0.3) is 11.4 Å². The maximum absolute atomic E-state index is 13.0. The Morgan fingerprint density at radius 2 is 2.19 bits per heavy atom. The SMILES string of the molecule is O=C(COC(=O)Cn1nnc(-c2ccsc2)n1)Nc1ccc(F)cc1Cl. The number of anilines is 1. The second-order valence-electron chi connectivity index (χ2n) is 4.99. The number of benzene rings is 1. The maximum Gasteiger partial charge on any atom is 0.330 e. The number of ether oxygens (including phenoxy) is 1. The summed E-state index contributed by atoms with van der Waals surface area (Å²) in [5.41, 5.74) is 1.01. The molecule has 0 aliphatic rings. The van der Waals surface area contributed by atoms with Crippen LogP contribution in [0, 0.1) is 5.82 Å². The molecule has 0 radical (unpaired) electrons. The number of nitrogens with zero attached hydrogens (tertiary/aromatic N) is 4. The van der Waals surface area contributed by atoms with Crippen LogP contribution >= 0.6 is 22.9 Å². The van der Waals surface area contributed by atoms with Gasteiger partial charge in [-0.15, -0.1) is 10.2 Å². The van der Waals surface area contributed by atoms with Crippen molar-refractivity contribution in [2.24, 2.45) is 0 Å². The predicted octanol–water partition coefficient (Wildman–Crippen LogP) is 2.38. The van der Waals surface area contributed by atoms with Gasteiger partial charge in [-0.3, -0.25) is 4.79 Å². The maximum atomic E-state index is 13.0. The summed E-state index contributed by atoms with van der Waals surface area (Å²) in [6.45, 7) is -0.819. The smallest absolute Gasteiger partial charge is 0.330 e. The Bertz CT molecular complexity index is 931. The fraction of sp³-hybridized carbons (Fsp3) is 0.133. The first-order chi connectivity index (χ1) is 12.5. The lowest BCUT2D eigenvalue weighted by Gasteiger charge is -2.07. The number of thiophene rings is 1. The molecule has 2 aromatic heterocycles. The van der Waals surface area contributed by atoms with Gasteiger partial charge in [0.25, 0.3) is 5.91 Å². The Labute approximate surface area is 155 Å². The van der Waals surface area contributed by atoms with Crippen LogP contribution in [-0.2, 0) is 20.9 Å². The molecule has 3 rings (SSSR count). The van der Waals surface area contributed by atoms with Crippen LogP contribution in [0.4, 0.5) is 10.1 Å². The number of amides is 1. The van der Waals surface area contributed by atoms with E-state index in [-0.39, 0.29) is 17.3 Å². The third-order valence-corrected chi connectivity index (χ3v) is 4.07. The van der Waals surface area contributed by atoms with Crippen LogP contribution in [0.5, 0.6) is 0 Å². The first-order valence-electron chi connectivity index (χ1n) is 7.22. The number of carbonyl (C=O) groups excluding carboxylic acids is 2. The van der Waals surface area contributed by atoms with Gasteiger partial charge in [0.05, 0.1) is 10.7 Å². The number of hydrogen-bond acceptors (Lipinski definition) is 7. The fourth-order valence-corrected chi connectivity index (χ4v) is 2.75. The van der Waals surface area contributed by atoms with Crippen molar-refractivity contribution >= 4 is 40.5 Å². The number of carbonyl (C=O) groups is 2. The van der Waals surface area contributed by atoms with E-state index in [1.54, 1.807) is 0 Å². The predicted molar refractivity (Wildman–Crippen MR) is 92.1 cm³/mol. The number of esters is 1. The average molecular weight is 396 g/mol. The van der Waals surface area contributed by atoms with Crippen molar-refractivity contribution in [3.63, 3.8) is 0 Å². The summed E-state index contributed by atoms with van der Waals surface area (Å²) in [4.78, 5) is 24.6. The molecule has 0 saturated carbocycles. The monoisotopic (exact) mass is 395 g/mol. The normalized spacial score (nSPS) is 10.5. The van der Waals surface area contributed by atoms with Gasteiger partial charge in [0, 0.05) is 10.9 Å². The summed E-state index contributed by atoms with van der Waals surface area (Å²) in [6, 6.07) is 5.34. The fourth-order valence-electron chi connectivity index (χ4n) is 1.90. The van der Waals surface area contributed by atoms with Gasteiger partial charge in [0.2, 0.25) is 5.82 Å². The number of tetrazole rings is 1. The summed E-state index contributed by atoms with van der Waals surface area (Å²) >= 11 is 7.29. The Morgan fingerprint density at radius 3 is 2.92 bits per heavy atom. The van der Waals surface area contributed by atoms with E-state index in [9.17, 15) is 14.0 Å². The highest BCUT2D eigenvalue weighted by molar-refractivity contribution is 7.08. The molecule has 11 heteroatoms. The average Bonchev–Trinajstić information content (AvgIpc) is 3.27. The van der Waals surface area contributed by atoms with Crippen LogP contribution in [-0.4, -0.2) is 38.7 Å². The molecule has 134 valence electrons. The number of nitrogens with one attached hydrogen (secondary N) is 1. The lowest BCUT2D eigenvalue weighted by Crippen LogP contribution is -2.23. The summed E-state index contributed by atoms with van der Waals surface area (Å²) in [5, 5.41) is 17.8. The highest BCUT2D eigenvalue weighted by atomic mass is 35.5. The third kappa shape index (κ3) is 4.61. The van der Waals surface area contributed by atoms with E-state index in [1.165, 1.54) is 17.4 Å². The van der Waals surface area contributed by atoms with Crippen LogP contribution < -0.4 is 5.32 Å². The van der Waals surface area contributed by atoms with Gasteiger partial charge in [-0.25, -0.2) is 9.18 Å². The Balaban J connectivity index is 1.48. The number of aromatic nitrogens is 4. The zero-order valence-electron chi connectivity index (χ0n) is 13.1. The zero-order valence-corrected chi connectivity index (χ0v) is 14.6. The van der Waals surface area contributed by atoms with Crippen molar-refractivity contribution in [1.29, 1.82) is 0 Å². The first kappa shape index (κ1) is 18.0. The van der Waals surface area contributed by atoms with E-state index in [0.29, 0.717) is 5.82 Å². The molecule has 0 unspecified atom stereocenters. The highest BCUT2D eigenvalue weighted by Crippen LogP contribution is 2.22. The Morgan fingerprint density at radius 1 is 1.35 bits per heavy atom. The van der Waals surface area contributed by atoms with E-state index in [1.807, 2.05) is 16.8 Å². The molecular formula is C15H11ClFN5O3S. The second-order valence-corrected chi connectivity index (χ2v) is 6.18. The van der Waals surface area contributed by atoms with Gasteiger partial charge in [-0.05, 0) is 34.9 Å². The molecule has 1 aromatic carbocycles. The minimum absolute atomic E-state index is 0.0393. The minimum atomic E-state index is -0.709. The number of rotatable bonds is 6. The first-order valence-corrected chi connectivity index (χ1v) is 8.54. The molecule has 0 aliphatic carbocycles. The molecule has 2 heterocycles. The number of halogens is 2. The van der Waals surface area contributed by atoms with Gasteiger partial charge in [0.1, 0.15) is 5.82 Å². The zero-order chi connectivity index (χ0) is 18.5. The Hall–Kier alpha value is -2.85. The van der Waals surface area contributed by atoms with E-state index < -0.39 is 24.3 Å². The summed E-state index contributed by atoms with van der Waals surface area (Å²) in [6.07, 6.45) is 0. The van der Waals surface area contributed by atoms with Crippen LogP contribution in [0.2, 0.25) is 5.02 Å². The Kier molecular flexibility index (Phi) is 5.54.